The van der Waals surface area contributed by atoms with E-state index >= 15 is 0 Å². The third kappa shape index (κ3) is 4.99. The summed E-state index contributed by atoms with van der Waals surface area (Å²) in [4.78, 5) is 28.4. The van der Waals surface area contributed by atoms with Crippen molar-refractivity contribution in [3.63, 3.8) is 0 Å². The highest BCUT2D eigenvalue weighted by Crippen LogP contribution is 2.38. The molecule has 12 heteroatoms. The second-order valence-corrected chi connectivity index (χ2v) is 9.79. The van der Waals surface area contributed by atoms with Crippen LogP contribution in [0.1, 0.15) is 45.5 Å². The molecule has 1 saturated heterocycles. The minimum atomic E-state index is -0.494. The number of aromatic nitrogens is 3. The number of anilines is 1. The van der Waals surface area contributed by atoms with Gasteiger partial charge in [0, 0.05) is 17.1 Å². The summed E-state index contributed by atoms with van der Waals surface area (Å²) in [6, 6.07) is 11.4. The maximum atomic E-state index is 13.9. The van der Waals surface area contributed by atoms with Crippen molar-refractivity contribution in [3.05, 3.63) is 81.4 Å². The van der Waals surface area contributed by atoms with Crippen molar-refractivity contribution in [1.82, 2.24) is 19.9 Å². The van der Waals surface area contributed by atoms with E-state index in [1.807, 2.05) is 12.1 Å². The third-order valence-corrected chi connectivity index (χ3v) is 7.50. The van der Waals surface area contributed by atoms with E-state index in [2.05, 4.69) is 31.6 Å². The van der Waals surface area contributed by atoms with Crippen molar-refractivity contribution in [2.24, 2.45) is 0 Å². The van der Waals surface area contributed by atoms with E-state index in [0.29, 0.717) is 28.8 Å². The van der Waals surface area contributed by atoms with Gasteiger partial charge in [-0.25, -0.2) is 4.68 Å². The number of hydrogen-bond donors (Lipinski definition) is 1. The zero-order valence-electron chi connectivity index (χ0n) is 20.5. The van der Waals surface area contributed by atoms with E-state index < -0.39 is 5.91 Å². The fourth-order valence-electron chi connectivity index (χ4n) is 4.41. The molecule has 1 unspecified atom stereocenters. The van der Waals surface area contributed by atoms with E-state index in [1.54, 1.807) is 40.0 Å². The zero-order chi connectivity index (χ0) is 26.8. The first kappa shape index (κ1) is 25.8. The lowest BCUT2D eigenvalue weighted by molar-refractivity contribution is 0.0733. The van der Waals surface area contributed by atoms with Crippen LogP contribution in [0, 0.1) is 0 Å². The molecule has 0 spiro atoms. The van der Waals surface area contributed by atoms with Crippen molar-refractivity contribution in [3.8, 4) is 17.2 Å². The van der Waals surface area contributed by atoms with Crippen LogP contribution in [0.3, 0.4) is 0 Å². The highest BCUT2D eigenvalue weighted by molar-refractivity contribution is 9.10. The lowest BCUT2D eigenvalue weighted by atomic mass is 10.1. The summed E-state index contributed by atoms with van der Waals surface area (Å²) in [6.07, 6.45) is 4.72. The topological polar surface area (TPSA) is 112 Å². The number of amides is 2. The van der Waals surface area contributed by atoms with E-state index in [1.165, 1.54) is 26.5 Å². The van der Waals surface area contributed by atoms with Crippen LogP contribution in [0.5, 0.6) is 11.5 Å². The lowest BCUT2D eigenvalue weighted by Gasteiger charge is -2.25. The molecule has 2 aromatic carbocycles. The molecule has 1 atom stereocenters. The van der Waals surface area contributed by atoms with Gasteiger partial charge in [0.1, 0.15) is 5.69 Å². The summed E-state index contributed by atoms with van der Waals surface area (Å²) in [6.45, 7) is 0.517. The van der Waals surface area contributed by atoms with E-state index in [9.17, 15) is 9.59 Å². The predicted octanol–water partition coefficient (Wildman–Crippen LogP) is 5.52. The van der Waals surface area contributed by atoms with Crippen LogP contribution in [0.2, 0.25) is 5.02 Å². The van der Waals surface area contributed by atoms with Gasteiger partial charge >= 0.3 is 0 Å². The number of methoxy groups -OCH3 is 2. The van der Waals surface area contributed by atoms with Crippen molar-refractivity contribution in [1.29, 1.82) is 0 Å². The fourth-order valence-corrected chi connectivity index (χ4v) is 4.89. The van der Waals surface area contributed by atoms with Gasteiger partial charge in [0.05, 0.1) is 54.7 Å². The Morgan fingerprint density at radius 2 is 1.95 bits per heavy atom. The molecule has 2 aromatic heterocycles. The third-order valence-electron chi connectivity index (χ3n) is 6.28. The molecule has 0 saturated carbocycles. The highest BCUT2D eigenvalue weighted by atomic mass is 79.9. The Morgan fingerprint density at radius 1 is 1.16 bits per heavy atom. The summed E-state index contributed by atoms with van der Waals surface area (Å²) in [5, 5.41) is 12.0. The molecule has 1 fully saturated rings. The molecular formula is C26H23BrClN5O5. The molecule has 38 heavy (non-hydrogen) atoms. The molecule has 4 aromatic rings. The number of nitrogens with zero attached hydrogens (tertiary/aromatic N) is 4. The first-order valence-corrected chi connectivity index (χ1v) is 12.9. The molecule has 0 radical (unpaired) electrons. The first-order chi connectivity index (χ1) is 18.4. The Kier molecular flexibility index (Phi) is 7.39. The van der Waals surface area contributed by atoms with Crippen molar-refractivity contribution >= 4 is 45.0 Å². The number of carbonyl (C=O) groups is 2. The smallest absolute Gasteiger partial charge is 0.291 e. The van der Waals surface area contributed by atoms with E-state index in [4.69, 9.17) is 25.5 Å². The van der Waals surface area contributed by atoms with Gasteiger partial charge in [-0.1, -0.05) is 16.8 Å². The molecule has 1 aliphatic heterocycles. The molecule has 1 aliphatic rings. The second-order valence-electron chi connectivity index (χ2n) is 8.53. The standard InChI is InChI=1S/C26H23BrClN5O5/c1-36-23-12-16(19(13-24(23)37-2)29-25(34)22-6-4-10-38-22)26(35)32-9-3-5-21(32)20-14-33(31-30-20)15-7-8-18(28)17(27)11-15/h4,6-8,10-14,21H,3,5,9H2,1-2H3,(H,29,34). The van der Waals surface area contributed by atoms with Crippen LogP contribution in [-0.4, -0.2) is 52.5 Å². The van der Waals surface area contributed by atoms with E-state index in [-0.39, 0.29) is 29.0 Å². The minimum Gasteiger partial charge on any atom is -0.493 e. The molecule has 2 amide bonds. The molecule has 1 N–H and O–H groups in total. The number of carbonyl (C=O) groups excluding carboxylic acids is 2. The van der Waals surface area contributed by atoms with Gasteiger partial charge in [-0.05, 0) is 65.2 Å². The Hall–Kier alpha value is -3.83. The van der Waals surface area contributed by atoms with Crippen LogP contribution in [0.15, 0.2) is 63.8 Å². The molecular weight excluding hydrogens is 578 g/mol. The van der Waals surface area contributed by atoms with Crippen LogP contribution in [-0.2, 0) is 0 Å². The maximum absolute atomic E-state index is 13.9. The van der Waals surface area contributed by atoms with Gasteiger partial charge in [-0.3, -0.25) is 9.59 Å². The second kappa shape index (κ2) is 10.9. The van der Waals surface area contributed by atoms with Crippen molar-refractivity contribution in [2.45, 2.75) is 18.9 Å². The Morgan fingerprint density at radius 3 is 2.66 bits per heavy atom. The fraction of sp³-hybridized carbons (Fsp3) is 0.231. The van der Waals surface area contributed by atoms with Crippen molar-refractivity contribution < 1.29 is 23.5 Å². The highest BCUT2D eigenvalue weighted by Gasteiger charge is 2.34. The average Bonchev–Trinajstić information content (AvgIpc) is 3.71. The van der Waals surface area contributed by atoms with Gasteiger partial charge in [-0.15, -0.1) is 5.10 Å². The first-order valence-electron chi connectivity index (χ1n) is 11.7. The summed E-state index contributed by atoms with van der Waals surface area (Å²) in [5.41, 5.74) is 1.96. The van der Waals surface area contributed by atoms with Crippen LogP contribution < -0.4 is 14.8 Å². The Labute approximate surface area is 231 Å². The SMILES string of the molecule is COc1cc(NC(=O)c2ccco2)c(C(=O)N2CCCC2c2cn(-c3ccc(Cl)c(Br)c3)nn2)cc1OC. The summed E-state index contributed by atoms with van der Waals surface area (Å²) >= 11 is 9.55. The Balaban J connectivity index is 1.46. The largest absolute Gasteiger partial charge is 0.493 e. The van der Waals surface area contributed by atoms with Gasteiger partial charge < -0.3 is 24.1 Å². The number of halogens is 2. The molecule has 10 nitrogen and oxygen atoms in total. The molecule has 0 aliphatic carbocycles. The maximum Gasteiger partial charge on any atom is 0.291 e. The van der Waals surface area contributed by atoms with Gasteiger partial charge in [0.25, 0.3) is 11.8 Å². The van der Waals surface area contributed by atoms with Crippen molar-refractivity contribution in [2.75, 3.05) is 26.1 Å². The van der Waals surface area contributed by atoms with Gasteiger partial charge in [0.15, 0.2) is 17.3 Å². The molecule has 0 bridgehead atoms. The normalized spacial score (nSPS) is 14.9. The summed E-state index contributed by atoms with van der Waals surface area (Å²) in [5.74, 6) is 0.0664. The molecule has 5 rings (SSSR count). The number of rotatable bonds is 7. The predicted molar refractivity (Wildman–Crippen MR) is 143 cm³/mol. The monoisotopic (exact) mass is 599 g/mol. The van der Waals surface area contributed by atoms with Crippen LogP contribution in [0.25, 0.3) is 5.69 Å². The lowest BCUT2D eigenvalue weighted by Crippen LogP contribution is -2.31. The zero-order valence-corrected chi connectivity index (χ0v) is 22.8. The molecule has 3 heterocycles. The number of ether oxygens (including phenoxy) is 2. The summed E-state index contributed by atoms with van der Waals surface area (Å²) < 4.78 is 18.4. The number of likely N-dealkylation sites (tertiary alicyclic amines) is 1. The number of nitrogens with one attached hydrogen (secondary N) is 1. The summed E-state index contributed by atoms with van der Waals surface area (Å²) in [7, 11) is 2.97. The Bertz CT molecular complexity index is 1490. The van der Waals surface area contributed by atoms with Crippen LogP contribution >= 0.6 is 27.5 Å². The minimum absolute atomic E-state index is 0.114. The molecule has 196 valence electrons. The van der Waals surface area contributed by atoms with Crippen LogP contribution in [0.4, 0.5) is 5.69 Å². The number of furan rings is 1. The number of hydrogen-bond acceptors (Lipinski definition) is 7. The average molecular weight is 601 g/mol. The van der Waals surface area contributed by atoms with Gasteiger partial charge in [0.2, 0.25) is 0 Å². The quantitative estimate of drug-likeness (QED) is 0.297. The van der Waals surface area contributed by atoms with Gasteiger partial charge in [-0.2, -0.15) is 0 Å². The van der Waals surface area contributed by atoms with E-state index in [0.717, 1.165) is 23.0 Å². The number of benzene rings is 2.